The molecule has 0 heterocycles. The van der Waals surface area contributed by atoms with E-state index >= 15 is 0 Å². The number of aromatic hydroxyl groups is 3. The van der Waals surface area contributed by atoms with Crippen molar-refractivity contribution in [1.29, 1.82) is 0 Å². The first-order chi connectivity index (χ1) is 31.1. The summed E-state index contributed by atoms with van der Waals surface area (Å²) in [5.41, 5.74) is 14.9. The van der Waals surface area contributed by atoms with Gasteiger partial charge in [-0.05, 0) is 90.6 Å². The lowest BCUT2D eigenvalue weighted by Gasteiger charge is -2.37. The van der Waals surface area contributed by atoms with Crippen LogP contribution in [0.25, 0.3) is 0 Å². The zero-order chi connectivity index (χ0) is 44.6. The molecule has 0 aliphatic carbocycles. The fourth-order valence-corrected chi connectivity index (χ4v) is 8.55. The van der Waals surface area contributed by atoms with E-state index in [2.05, 4.69) is 148 Å². The molecule has 5 nitrogen and oxygen atoms in total. The van der Waals surface area contributed by atoms with E-state index in [1.165, 1.54) is 39.4 Å². The first-order valence-electron chi connectivity index (χ1n) is 21.5. The van der Waals surface area contributed by atoms with Gasteiger partial charge >= 0.3 is 0 Å². The molecule has 64 heavy (non-hydrogen) atoms. The van der Waals surface area contributed by atoms with E-state index in [0.717, 1.165) is 33.4 Å². The van der Waals surface area contributed by atoms with Crippen molar-refractivity contribution in [1.82, 2.24) is 4.48 Å². The molecule has 0 amide bonds. The van der Waals surface area contributed by atoms with Crippen LogP contribution < -0.4 is 9.59 Å². The average Bonchev–Trinajstić information content (AvgIpc) is 3.32. The first kappa shape index (κ1) is 42.8. The number of phenols is 3. The van der Waals surface area contributed by atoms with Gasteiger partial charge < -0.3 is 20.4 Å². The molecule has 3 N–H and O–H groups in total. The molecule has 316 valence electrons. The van der Waals surface area contributed by atoms with Crippen LogP contribution in [0, 0.1) is 20.8 Å². The third-order valence-corrected chi connectivity index (χ3v) is 11.9. The second-order valence-corrected chi connectivity index (χ2v) is 16.4. The Bertz CT molecular complexity index is 2560. The van der Waals surface area contributed by atoms with Gasteiger partial charge in [-0.3, -0.25) is 0 Å². The highest BCUT2D eigenvalue weighted by molar-refractivity contribution is 5.81. The van der Waals surface area contributed by atoms with E-state index < -0.39 is 0 Å². The van der Waals surface area contributed by atoms with Crippen molar-refractivity contribution >= 4 is 22.7 Å². The maximum Gasteiger partial charge on any atom is 0.148 e. The highest BCUT2D eigenvalue weighted by atomic mass is 16.3. The SMILES string of the molecule is Cc1ccc([N+](c2ccccc2)(c2ccc(C)cc2)c2ccc(C)cc2)cc1.[O-]c1ccc(C(c2ccc(O)cc2)c2ccc(C(c3ccc(O)cc3)c3ccc(O)cc3)cc2)cc1. The Morgan fingerprint density at radius 1 is 0.297 bits per heavy atom. The fourth-order valence-electron chi connectivity index (χ4n) is 8.55. The summed E-state index contributed by atoms with van der Waals surface area (Å²) >= 11 is 0. The lowest BCUT2D eigenvalue weighted by molar-refractivity contribution is -0.268. The minimum atomic E-state index is -0.110. The number of hydrogen-bond donors (Lipinski definition) is 3. The van der Waals surface area contributed by atoms with Gasteiger partial charge in [0.2, 0.25) is 0 Å². The molecule has 0 spiro atoms. The molecule has 1 unspecified atom stereocenters. The Morgan fingerprint density at radius 2 is 0.531 bits per heavy atom. The van der Waals surface area contributed by atoms with Crippen molar-refractivity contribution in [3.8, 4) is 23.0 Å². The molecule has 9 aromatic rings. The van der Waals surface area contributed by atoms with Gasteiger partial charge in [-0.2, -0.15) is 4.48 Å². The second-order valence-electron chi connectivity index (χ2n) is 16.4. The number of quaternary nitrogens is 1. The Morgan fingerprint density at radius 3 is 0.812 bits per heavy atom. The van der Waals surface area contributed by atoms with Crippen LogP contribution in [0.3, 0.4) is 0 Å². The molecule has 0 fully saturated rings. The molecular weight excluding hydrogens is 787 g/mol. The molecular formula is C59H51NO4. The van der Waals surface area contributed by atoms with Gasteiger partial charge in [0.05, 0.1) is 0 Å². The summed E-state index contributed by atoms with van der Waals surface area (Å²) in [5.74, 6) is 0.379. The number of rotatable bonds is 10. The second kappa shape index (κ2) is 19.0. The van der Waals surface area contributed by atoms with E-state index in [1.807, 2.05) is 48.5 Å². The number of nitrogens with zero attached hydrogens (tertiary/aromatic N) is 1. The molecule has 9 aromatic carbocycles. The summed E-state index contributed by atoms with van der Waals surface area (Å²) in [7, 11) is 0. The molecule has 0 saturated heterocycles. The molecule has 0 aliphatic rings. The minimum absolute atomic E-state index is 0.0378. The number of para-hydroxylation sites is 1. The standard InChI is InChI=1S/C32H26O4.C27H26N/c33-27-13-5-23(6-14-27)31(24-7-15-28(34)16-8-24)21-1-2-22(4-3-21)32(25-9-17-29(35)18-10-25)26-11-19-30(36)20-12-26;1-21-9-15-25(16-10-21)28(24-7-5-4-6-8-24,26-17-11-22(2)12-18-26)27-19-13-23(3)14-20-27/h1-20,31-36H;4-20H,1-3H3/q;+1/p-1. The largest absolute Gasteiger partial charge is 0.872 e. The van der Waals surface area contributed by atoms with Gasteiger partial charge in [0, 0.05) is 60.4 Å². The van der Waals surface area contributed by atoms with Crippen molar-refractivity contribution in [2.75, 3.05) is 0 Å². The topological polar surface area (TPSA) is 83.8 Å². The third kappa shape index (κ3) is 9.31. The van der Waals surface area contributed by atoms with Crippen LogP contribution in [0.5, 0.6) is 23.0 Å². The maximum atomic E-state index is 11.7. The summed E-state index contributed by atoms with van der Waals surface area (Å²) in [4.78, 5) is 0. The van der Waals surface area contributed by atoms with Gasteiger partial charge in [0.1, 0.15) is 40.0 Å². The summed E-state index contributed by atoms with van der Waals surface area (Å²) in [6.07, 6.45) is 0. The fraction of sp³-hybridized carbons (Fsp3) is 0.0847. The van der Waals surface area contributed by atoms with Crippen LogP contribution >= 0.6 is 0 Å². The van der Waals surface area contributed by atoms with Crippen LogP contribution in [0.2, 0.25) is 0 Å². The van der Waals surface area contributed by atoms with Gasteiger partial charge in [0.15, 0.2) is 0 Å². The Balaban J connectivity index is 0.000000181. The summed E-state index contributed by atoms with van der Waals surface area (Å²) < 4.78 is 0.557. The quantitative estimate of drug-likeness (QED) is 0.0946. The third-order valence-electron chi connectivity index (χ3n) is 11.9. The predicted molar refractivity (Wildman–Crippen MR) is 259 cm³/mol. The highest BCUT2D eigenvalue weighted by Gasteiger charge is 2.39. The van der Waals surface area contributed by atoms with E-state index in [-0.39, 0.29) is 34.8 Å². The predicted octanol–water partition coefficient (Wildman–Crippen LogP) is 14.2. The molecule has 5 heteroatoms. The Labute approximate surface area is 376 Å². The van der Waals surface area contributed by atoms with Crippen LogP contribution in [0.1, 0.15) is 61.9 Å². The van der Waals surface area contributed by atoms with Crippen LogP contribution in [-0.4, -0.2) is 15.3 Å². The minimum Gasteiger partial charge on any atom is -0.872 e. The summed E-state index contributed by atoms with van der Waals surface area (Å²) in [6.45, 7) is 6.41. The molecule has 0 aromatic heterocycles. The van der Waals surface area contributed by atoms with Crippen molar-refractivity contribution in [2.24, 2.45) is 0 Å². The van der Waals surface area contributed by atoms with Gasteiger partial charge in [-0.15, -0.1) is 5.75 Å². The summed E-state index contributed by atoms with van der Waals surface area (Å²) in [5, 5.41) is 41.1. The lowest BCUT2D eigenvalue weighted by Crippen LogP contribution is -2.33. The van der Waals surface area contributed by atoms with Crippen molar-refractivity contribution in [2.45, 2.75) is 32.6 Å². The molecule has 0 saturated carbocycles. The van der Waals surface area contributed by atoms with Gasteiger partial charge in [-0.1, -0.05) is 156 Å². The van der Waals surface area contributed by atoms with E-state index in [4.69, 9.17) is 0 Å². The molecule has 0 bridgehead atoms. The van der Waals surface area contributed by atoms with Gasteiger partial charge in [0.25, 0.3) is 0 Å². The van der Waals surface area contributed by atoms with Crippen LogP contribution in [0.4, 0.5) is 22.7 Å². The van der Waals surface area contributed by atoms with Crippen molar-refractivity contribution < 1.29 is 20.4 Å². The number of hydrogen-bond acceptors (Lipinski definition) is 4. The smallest absolute Gasteiger partial charge is 0.148 e. The maximum absolute atomic E-state index is 11.7. The van der Waals surface area contributed by atoms with Crippen LogP contribution in [-0.2, 0) is 0 Å². The zero-order valence-electron chi connectivity index (χ0n) is 36.2. The molecule has 0 aliphatic heterocycles. The van der Waals surface area contributed by atoms with Crippen molar-refractivity contribution in [3.05, 3.63) is 275 Å². The average molecular weight is 838 g/mol. The molecule has 0 radical (unpaired) electrons. The number of phenolic OH excluding ortho intramolecular Hbond substituents is 3. The van der Waals surface area contributed by atoms with Crippen molar-refractivity contribution in [3.63, 3.8) is 0 Å². The first-order valence-corrected chi connectivity index (χ1v) is 21.5. The lowest BCUT2D eigenvalue weighted by atomic mass is 9.81. The zero-order valence-corrected chi connectivity index (χ0v) is 36.2. The number of benzene rings is 9. The Hall–Kier alpha value is -7.86. The molecule has 1 atom stereocenters. The van der Waals surface area contributed by atoms with Crippen LogP contribution in [0.15, 0.2) is 224 Å². The van der Waals surface area contributed by atoms with E-state index in [0.29, 0.717) is 4.48 Å². The monoisotopic (exact) mass is 837 g/mol. The van der Waals surface area contributed by atoms with Gasteiger partial charge in [-0.25, -0.2) is 0 Å². The number of aryl methyl sites for hydroxylation is 3. The van der Waals surface area contributed by atoms with E-state index in [1.54, 1.807) is 48.5 Å². The summed E-state index contributed by atoms with van der Waals surface area (Å²) in [6, 6.07) is 74.2. The normalized spacial score (nSPS) is 11.7. The van der Waals surface area contributed by atoms with E-state index in [9.17, 15) is 20.4 Å². The molecule has 9 rings (SSSR count). The Kier molecular flexibility index (Phi) is 12.7. The highest BCUT2D eigenvalue weighted by Crippen LogP contribution is 2.51.